The number of ketones is 2. The van der Waals surface area contributed by atoms with Crippen LogP contribution in [0.25, 0.3) is 11.3 Å². The van der Waals surface area contributed by atoms with Crippen molar-refractivity contribution >= 4 is 23.2 Å². The molecule has 0 spiro atoms. The summed E-state index contributed by atoms with van der Waals surface area (Å²) < 4.78 is 6.04. The monoisotopic (exact) mass is 608 g/mol. The quantitative estimate of drug-likeness (QED) is 0.264. The number of fused-ring (bicyclic) bond motifs is 3. The molecule has 0 saturated heterocycles. The zero-order valence-electron chi connectivity index (χ0n) is 26.0. The molecular formula is C32H40N4O8. The first-order chi connectivity index (χ1) is 20.4. The van der Waals surface area contributed by atoms with Gasteiger partial charge in [-0.25, -0.2) is 0 Å². The predicted octanol–water partition coefficient (Wildman–Crippen LogP) is 2.33. The molecule has 3 aliphatic carbocycles. The number of nitrogens with zero attached hydrogens (tertiary/aromatic N) is 2. The summed E-state index contributed by atoms with van der Waals surface area (Å²) in [5.74, 6) is -5.95. The van der Waals surface area contributed by atoms with Crippen LogP contribution in [0.4, 0.5) is 5.69 Å². The first-order valence-corrected chi connectivity index (χ1v) is 14.4. The van der Waals surface area contributed by atoms with E-state index in [-0.39, 0.29) is 40.8 Å². The van der Waals surface area contributed by atoms with Crippen molar-refractivity contribution in [3.63, 3.8) is 0 Å². The number of hydrogen-bond acceptors (Lipinski definition) is 11. The van der Waals surface area contributed by atoms with Gasteiger partial charge in [0.2, 0.25) is 5.78 Å². The van der Waals surface area contributed by atoms with Gasteiger partial charge in [-0.2, -0.15) is 0 Å². The summed E-state index contributed by atoms with van der Waals surface area (Å²) in [7, 11) is 6.80. The van der Waals surface area contributed by atoms with Crippen molar-refractivity contribution < 1.29 is 39.2 Å². The highest BCUT2D eigenvalue weighted by Gasteiger charge is 2.63. The van der Waals surface area contributed by atoms with Gasteiger partial charge >= 0.3 is 0 Å². The van der Waals surface area contributed by atoms with Crippen molar-refractivity contribution in [1.29, 1.82) is 0 Å². The number of likely N-dealkylation sites (N-methyl/N-ethyl adjacent to an activating group) is 1. The van der Waals surface area contributed by atoms with Crippen LogP contribution in [0.15, 0.2) is 45.3 Å². The van der Waals surface area contributed by atoms with Gasteiger partial charge in [0.25, 0.3) is 5.91 Å². The number of carbonyl (C=O) groups excluding carboxylic acids is 3. The van der Waals surface area contributed by atoms with Crippen LogP contribution in [0.2, 0.25) is 0 Å². The van der Waals surface area contributed by atoms with E-state index in [0.29, 0.717) is 29.3 Å². The Kier molecular flexibility index (Phi) is 7.47. The van der Waals surface area contributed by atoms with Gasteiger partial charge in [-0.05, 0) is 77.4 Å². The molecular weight excluding hydrogens is 568 g/mol. The van der Waals surface area contributed by atoms with Crippen molar-refractivity contribution in [2.45, 2.75) is 57.3 Å². The smallest absolute Gasteiger partial charge is 0.255 e. The highest BCUT2D eigenvalue weighted by Crippen LogP contribution is 2.54. The van der Waals surface area contributed by atoms with E-state index in [1.54, 1.807) is 46.4 Å². The van der Waals surface area contributed by atoms with E-state index < -0.39 is 58.0 Å². The van der Waals surface area contributed by atoms with E-state index in [1.807, 2.05) is 25.7 Å². The van der Waals surface area contributed by atoms with Crippen molar-refractivity contribution in [2.24, 2.45) is 17.6 Å². The van der Waals surface area contributed by atoms with E-state index in [1.165, 1.54) is 4.90 Å². The molecule has 0 radical (unpaired) electrons. The lowest BCUT2D eigenvalue weighted by atomic mass is 9.58. The van der Waals surface area contributed by atoms with Crippen LogP contribution in [0, 0.1) is 11.8 Å². The van der Waals surface area contributed by atoms with Crippen molar-refractivity contribution in [1.82, 2.24) is 10.2 Å². The number of phenolic OH excluding ortho intramolecular Hbond substituents is 1. The number of anilines is 1. The first kappa shape index (κ1) is 31.3. The fourth-order valence-corrected chi connectivity index (χ4v) is 6.86. The molecule has 0 fully saturated rings. The molecule has 12 heteroatoms. The zero-order valence-corrected chi connectivity index (χ0v) is 26.0. The van der Waals surface area contributed by atoms with Crippen molar-refractivity contribution in [2.75, 3.05) is 33.1 Å². The number of aliphatic hydroxyl groups excluding tert-OH is 2. The molecule has 12 nitrogen and oxygen atoms in total. The van der Waals surface area contributed by atoms with E-state index in [9.17, 15) is 34.8 Å². The molecule has 0 aliphatic heterocycles. The van der Waals surface area contributed by atoms with Crippen LogP contribution in [0.3, 0.4) is 0 Å². The number of carbonyl (C=O) groups is 3. The van der Waals surface area contributed by atoms with Crippen LogP contribution in [-0.4, -0.2) is 88.2 Å². The zero-order chi connectivity index (χ0) is 32.6. The minimum Gasteiger partial charge on any atom is -0.510 e. The summed E-state index contributed by atoms with van der Waals surface area (Å²) in [5.41, 5.74) is 2.89. The Bertz CT molecular complexity index is 1640. The number of furan rings is 1. The lowest BCUT2D eigenvalue weighted by Crippen LogP contribution is -2.63. The number of hydrogen-bond donors (Lipinski definition) is 6. The third-order valence-corrected chi connectivity index (χ3v) is 8.90. The number of amides is 1. The number of phenols is 1. The second-order valence-corrected chi connectivity index (χ2v) is 13.4. The van der Waals surface area contributed by atoms with E-state index >= 15 is 0 Å². The average molecular weight is 609 g/mol. The molecule has 2 aromatic rings. The molecule has 5 rings (SSSR count). The highest BCUT2D eigenvalue weighted by molar-refractivity contribution is 6.25. The number of Topliss-reactive ketones (excluding diaryl/α,β-unsaturated/α-hetero) is 2. The van der Waals surface area contributed by atoms with Gasteiger partial charge in [0, 0.05) is 36.8 Å². The number of primary amides is 1. The Labute approximate surface area is 255 Å². The molecule has 0 bridgehead atoms. The maximum atomic E-state index is 14.3. The van der Waals surface area contributed by atoms with E-state index in [0.717, 1.165) is 0 Å². The number of aliphatic hydroxyl groups is 3. The number of benzene rings is 1. The minimum atomic E-state index is -2.70. The van der Waals surface area contributed by atoms with Crippen LogP contribution in [0.5, 0.6) is 5.75 Å². The molecule has 1 aromatic carbocycles. The van der Waals surface area contributed by atoms with Gasteiger partial charge in [-0.1, -0.05) is 0 Å². The Morgan fingerprint density at radius 2 is 1.80 bits per heavy atom. The molecule has 4 atom stereocenters. The summed E-state index contributed by atoms with van der Waals surface area (Å²) in [5, 5.41) is 49.3. The normalized spacial score (nSPS) is 25.2. The topological polar surface area (TPSA) is 190 Å². The fourth-order valence-electron chi connectivity index (χ4n) is 6.86. The SMILES string of the molecule is CN(C)c1cc(-c2ccc(CNC(C)(C)C)o2)c(O)c2c1C[C@H]1C[C@@H]3C(N(C)C)C(O)=C(C(N)=O)C(=O)[C@@]3(O)C(O)=C1C2=O. The fraction of sp³-hybridized carbons (Fsp3) is 0.469. The summed E-state index contributed by atoms with van der Waals surface area (Å²) in [4.78, 5) is 43.4. The lowest BCUT2D eigenvalue weighted by Gasteiger charge is -2.50. The van der Waals surface area contributed by atoms with E-state index in [4.69, 9.17) is 10.2 Å². The first-order valence-electron chi connectivity index (χ1n) is 14.4. The number of nitrogens with two attached hydrogens (primary N) is 1. The van der Waals surface area contributed by atoms with Gasteiger partial charge in [0.15, 0.2) is 11.4 Å². The standard InChI is InChI=1S/C32H40N4O8/c1-31(2,3)34-13-15-8-9-20(44-15)17-12-19(35(4)5)16-10-14-11-18-24(36(6)7)27(39)23(30(33)42)29(41)32(18,43)28(40)21(14)26(38)22(16)25(17)37/h8-9,12,14,18,24,34,37,39-40,43H,10-11,13H2,1-7H3,(H2,33,42)/t14-,18+,24?,32-/m0/s1. The number of allylic oxidation sites excluding steroid dienone is 1. The Morgan fingerprint density at radius 1 is 1.14 bits per heavy atom. The maximum absolute atomic E-state index is 14.3. The molecule has 236 valence electrons. The summed E-state index contributed by atoms with van der Waals surface area (Å²) in [6.45, 7) is 6.52. The van der Waals surface area contributed by atoms with Gasteiger partial charge in [0.05, 0.1) is 23.7 Å². The van der Waals surface area contributed by atoms with Crippen LogP contribution in [0.1, 0.15) is 48.9 Å². The summed E-state index contributed by atoms with van der Waals surface area (Å²) >= 11 is 0. The molecule has 1 amide bonds. The van der Waals surface area contributed by atoms with Crippen LogP contribution < -0.4 is 16.0 Å². The number of nitrogens with one attached hydrogen (secondary N) is 1. The van der Waals surface area contributed by atoms with Crippen molar-refractivity contribution in [3.8, 4) is 17.1 Å². The third kappa shape index (κ3) is 4.68. The molecule has 1 aromatic heterocycles. The Morgan fingerprint density at radius 3 is 2.36 bits per heavy atom. The van der Waals surface area contributed by atoms with E-state index in [2.05, 4.69) is 5.32 Å². The van der Waals surface area contributed by atoms with Gasteiger partial charge < -0.3 is 40.8 Å². The average Bonchev–Trinajstić information content (AvgIpc) is 3.37. The lowest BCUT2D eigenvalue weighted by molar-refractivity contribution is -0.148. The molecule has 7 N–H and O–H groups in total. The van der Waals surface area contributed by atoms with Crippen LogP contribution >= 0.6 is 0 Å². The number of rotatable bonds is 6. The molecule has 44 heavy (non-hydrogen) atoms. The maximum Gasteiger partial charge on any atom is 0.255 e. The summed E-state index contributed by atoms with van der Waals surface area (Å²) in [6.07, 6.45) is 0.207. The van der Waals surface area contributed by atoms with Gasteiger partial charge in [0.1, 0.15) is 34.4 Å². The number of aromatic hydroxyl groups is 1. The van der Waals surface area contributed by atoms with Gasteiger partial charge in [-0.15, -0.1) is 0 Å². The Balaban J connectivity index is 1.67. The Hall–Kier alpha value is -4.13. The third-order valence-electron chi connectivity index (χ3n) is 8.90. The second-order valence-electron chi connectivity index (χ2n) is 13.4. The van der Waals surface area contributed by atoms with Gasteiger partial charge in [-0.3, -0.25) is 19.3 Å². The molecule has 1 heterocycles. The molecule has 3 aliphatic rings. The second kappa shape index (κ2) is 10.5. The summed E-state index contributed by atoms with van der Waals surface area (Å²) in [6, 6.07) is 4.18. The van der Waals surface area contributed by atoms with Crippen LogP contribution in [-0.2, 0) is 22.6 Å². The van der Waals surface area contributed by atoms with Crippen molar-refractivity contribution in [3.05, 3.63) is 57.8 Å². The largest absolute Gasteiger partial charge is 0.510 e. The molecule has 1 unspecified atom stereocenters. The highest BCUT2D eigenvalue weighted by atomic mass is 16.4. The minimum absolute atomic E-state index is 0.0173. The molecule has 0 saturated carbocycles. The predicted molar refractivity (Wildman–Crippen MR) is 162 cm³/mol.